The molecular weight excluding hydrogens is 356 g/mol. The van der Waals surface area contributed by atoms with Crippen molar-refractivity contribution in [1.82, 2.24) is 20.4 Å². The van der Waals surface area contributed by atoms with E-state index in [2.05, 4.69) is 20.3 Å². The summed E-state index contributed by atoms with van der Waals surface area (Å²) >= 11 is 6.00. The van der Waals surface area contributed by atoms with Crippen LogP contribution in [0.4, 0.5) is 11.6 Å². The summed E-state index contributed by atoms with van der Waals surface area (Å²) in [5, 5.41) is 13.6. The number of likely N-dealkylation sites (N-methyl/N-ethyl adjacent to an activating group) is 1. The highest BCUT2D eigenvalue weighted by atomic mass is 35.5. The average Bonchev–Trinajstić information content (AvgIpc) is 2.67. The lowest BCUT2D eigenvalue weighted by Gasteiger charge is -2.18. The maximum Gasteiger partial charge on any atom is 0.277 e. The number of aromatic nitrogens is 3. The zero-order chi connectivity index (χ0) is 18.5. The smallest absolute Gasteiger partial charge is 0.277 e. The van der Waals surface area contributed by atoms with E-state index in [1.807, 2.05) is 36.2 Å². The van der Waals surface area contributed by atoms with Crippen molar-refractivity contribution in [2.45, 2.75) is 0 Å². The first-order valence-corrected chi connectivity index (χ1v) is 8.22. The molecule has 0 aliphatic rings. The first-order chi connectivity index (χ1) is 12.6. The largest absolute Gasteiger partial charge is 0.383 e. The van der Waals surface area contributed by atoms with E-state index in [9.17, 15) is 4.79 Å². The van der Waals surface area contributed by atoms with E-state index in [0.29, 0.717) is 24.1 Å². The molecule has 2 aromatic heterocycles. The van der Waals surface area contributed by atoms with Crippen molar-refractivity contribution in [2.75, 3.05) is 30.4 Å². The van der Waals surface area contributed by atoms with Crippen LogP contribution in [0.2, 0.25) is 5.02 Å². The maximum absolute atomic E-state index is 11.3. The predicted octanol–water partition coefficient (Wildman–Crippen LogP) is 2.35. The minimum Gasteiger partial charge on any atom is -0.383 e. The number of nitrogens with zero attached hydrogens (tertiary/aromatic N) is 4. The van der Waals surface area contributed by atoms with Crippen LogP contribution in [0.25, 0.3) is 10.9 Å². The van der Waals surface area contributed by atoms with E-state index in [4.69, 9.17) is 16.8 Å². The number of hydrogen-bond acceptors (Lipinski definition) is 7. The number of pyridine rings is 1. The number of amides is 1. The van der Waals surface area contributed by atoms with Gasteiger partial charge < -0.3 is 10.2 Å². The lowest BCUT2D eigenvalue weighted by molar-refractivity contribution is 0.0705. The molecule has 0 unspecified atom stereocenters. The van der Waals surface area contributed by atoms with Crippen LogP contribution in [0.1, 0.15) is 10.4 Å². The Bertz CT molecular complexity index is 919. The molecule has 0 atom stereocenters. The zero-order valence-electron chi connectivity index (χ0n) is 14.0. The lowest BCUT2D eigenvalue weighted by atomic mass is 10.2. The van der Waals surface area contributed by atoms with Crippen LogP contribution < -0.4 is 15.7 Å². The van der Waals surface area contributed by atoms with Crippen LogP contribution in [0.3, 0.4) is 0 Å². The average molecular weight is 373 g/mol. The van der Waals surface area contributed by atoms with E-state index >= 15 is 0 Å². The number of carbonyl (C=O) groups excluding carboxylic acids is 1. The summed E-state index contributed by atoms with van der Waals surface area (Å²) in [6.07, 6.45) is 4.45. The number of hydrogen-bond donors (Lipinski definition) is 3. The van der Waals surface area contributed by atoms with Gasteiger partial charge in [0, 0.05) is 54.8 Å². The fourth-order valence-corrected chi connectivity index (χ4v) is 2.60. The lowest BCUT2D eigenvalue weighted by Crippen LogP contribution is -2.27. The van der Waals surface area contributed by atoms with Crippen molar-refractivity contribution >= 4 is 40.0 Å². The van der Waals surface area contributed by atoms with Gasteiger partial charge in [-0.1, -0.05) is 11.6 Å². The molecule has 1 aromatic carbocycles. The van der Waals surface area contributed by atoms with E-state index < -0.39 is 5.91 Å². The number of halogens is 1. The van der Waals surface area contributed by atoms with Crippen LogP contribution >= 0.6 is 11.6 Å². The van der Waals surface area contributed by atoms with Gasteiger partial charge in [0.2, 0.25) is 5.95 Å². The fourth-order valence-electron chi connectivity index (χ4n) is 2.43. The number of benzene rings is 1. The van der Waals surface area contributed by atoms with Gasteiger partial charge >= 0.3 is 0 Å². The van der Waals surface area contributed by atoms with Gasteiger partial charge in [-0.25, -0.2) is 15.4 Å². The first-order valence-electron chi connectivity index (χ1n) is 7.84. The molecular formula is C17H17ClN6O2. The Morgan fingerprint density at radius 2 is 2.00 bits per heavy atom. The molecule has 0 saturated carbocycles. The Labute approximate surface area is 154 Å². The van der Waals surface area contributed by atoms with E-state index in [-0.39, 0.29) is 5.56 Å². The Hall–Kier alpha value is -2.97. The van der Waals surface area contributed by atoms with Crippen LogP contribution in [-0.2, 0) is 0 Å². The molecule has 0 radical (unpaired) electrons. The molecule has 0 spiro atoms. The molecule has 3 rings (SSSR count). The van der Waals surface area contributed by atoms with Gasteiger partial charge in [0.15, 0.2) is 0 Å². The molecule has 0 saturated heterocycles. The van der Waals surface area contributed by atoms with E-state index in [1.165, 1.54) is 12.4 Å². The van der Waals surface area contributed by atoms with Crippen LogP contribution in [0.5, 0.6) is 0 Å². The molecule has 134 valence electrons. The van der Waals surface area contributed by atoms with Crippen LogP contribution in [0.15, 0.2) is 42.9 Å². The second-order valence-electron chi connectivity index (χ2n) is 5.58. The minimum atomic E-state index is -0.648. The quantitative estimate of drug-likeness (QED) is 0.450. The highest BCUT2D eigenvalue weighted by molar-refractivity contribution is 6.31. The van der Waals surface area contributed by atoms with Gasteiger partial charge in [-0.15, -0.1) is 0 Å². The van der Waals surface area contributed by atoms with Gasteiger partial charge in [0.25, 0.3) is 5.91 Å². The third-order valence-corrected chi connectivity index (χ3v) is 4.05. The normalized spacial score (nSPS) is 10.6. The summed E-state index contributed by atoms with van der Waals surface area (Å²) in [5.41, 5.74) is 3.53. The molecule has 0 bridgehead atoms. The van der Waals surface area contributed by atoms with Gasteiger partial charge in [0.1, 0.15) is 0 Å². The maximum atomic E-state index is 11.3. The Balaban J connectivity index is 1.62. The Morgan fingerprint density at radius 3 is 2.73 bits per heavy atom. The highest BCUT2D eigenvalue weighted by Gasteiger charge is 2.09. The van der Waals surface area contributed by atoms with Gasteiger partial charge in [-0.2, -0.15) is 0 Å². The number of anilines is 2. The standard InChI is InChI=1S/C17H17ClN6O2/c1-24(17-21-9-11(10-22-17)16(25)23-26)7-6-20-14-4-5-19-15-8-12(18)2-3-13(14)15/h2-5,8-10,26H,6-7H2,1H3,(H,19,20)(H,23,25). The Morgan fingerprint density at radius 1 is 1.23 bits per heavy atom. The SMILES string of the molecule is CN(CCNc1ccnc2cc(Cl)ccc12)c1ncc(C(=O)NO)cn1. The van der Waals surface area contributed by atoms with Crippen molar-refractivity contribution in [2.24, 2.45) is 0 Å². The number of fused-ring (bicyclic) bond motifs is 1. The summed E-state index contributed by atoms with van der Waals surface area (Å²) in [5.74, 6) is -0.168. The predicted molar refractivity (Wildman–Crippen MR) is 99.8 cm³/mol. The Kier molecular flexibility index (Phi) is 5.45. The van der Waals surface area contributed by atoms with Crippen molar-refractivity contribution in [3.8, 4) is 0 Å². The van der Waals surface area contributed by atoms with E-state index in [1.54, 1.807) is 11.7 Å². The summed E-state index contributed by atoms with van der Waals surface area (Å²) in [7, 11) is 1.85. The third-order valence-electron chi connectivity index (χ3n) is 3.81. The summed E-state index contributed by atoms with van der Waals surface area (Å²) in [6, 6.07) is 7.51. The topological polar surface area (TPSA) is 103 Å². The molecule has 26 heavy (non-hydrogen) atoms. The third kappa shape index (κ3) is 3.98. The molecule has 9 heteroatoms. The molecule has 1 amide bonds. The van der Waals surface area contributed by atoms with Crippen LogP contribution in [-0.4, -0.2) is 46.2 Å². The number of nitrogens with one attached hydrogen (secondary N) is 2. The van der Waals surface area contributed by atoms with Crippen molar-refractivity contribution in [3.63, 3.8) is 0 Å². The van der Waals surface area contributed by atoms with Crippen molar-refractivity contribution in [1.29, 1.82) is 0 Å². The second kappa shape index (κ2) is 7.94. The molecule has 0 fully saturated rings. The molecule has 0 aliphatic heterocycles. The number of carbonyl (C=O) groups is 1. The fraction of sp³-hybridized carbons (Fsp3) is 0.176. The molecule has 8 nitrogen and oxygen atoms in total. The summed E-state index contributed by atoms with van der Waals surface area (Å²) in [4.78, 5) is 25.7. The van der Waals surface area contributed by atoms with Gasteiger partial charge in [-0.3, -0.25) is 15.0 Å². The molecule has 2 heterocycles. The van der Waals surface area contributed by atoms with Crippen LogP contribution in [0, 0.1) is 0 Å². The zero-order valence-corrected chi connectivity index (χ0v) is 14.7. The molecule has 3 aromatic rings. The molecule has 0 aliphatic carbocycles. The molecule has 3 N–H and O–H groups in total. The second-order valence-corrected chi connectivity index (χ2v) is 6.02. The summed E-state index contributed by atoms with van der Waals surface area (Å²) < 4.78 is 0. The minimum absolute atomic E-state index is 0.185. The number of hydroxylamine groups is 1. The number of rotatable bonds is 6. The van der Waals surface area contributed by atoms with Crippen molar-refractivity contribution < 1.29 is 10.0 Å². The van der Waals surface area contributed by atoms with Gasteiger partial charge in [-0.05, 0) is 24.3 Å². The van der Waals surface area contributed by atoms with Crippen molar-refractivity contribution in [3.05, 3.63) is 53.4 Å². The highest BCUT2D eigenvalue weighted by Crippen LogP contribution is 2.24. The van der Waals surface area contributed by atoms with E-state index in [0.717, 1.165) is 16.6 Å². The van der Waals surface area contributed by atoms with Gasteiger partial charge in [0.05, 0.1) is 11.1 Å². The first kappa shape index (κ1) is 17.8. The summed E-state index contributed by atoms with van der Waals surface area (Å²) in [6.45, 7) is 1.30. The monoisotopic (exact) mass is 372 g/mol.